The molecule has 1 atom stereocenters. The lowest BCUT2D eigenvalue weighted by Crippen LogP contribution is -2.35. The molecule has 0 bridgehead atoms. The number of hydrogen-bond donors (Lipinski definition) is 2. The van der Waals surface area contributed by atoms with Crippen LogP contribution in [0.5, 0.6) is 0 Å². The van der Waals surface area contributed by atoms with Crippen LogP contribution in [-0.4, -0.2) is 41.1 Å². The molecule has 0 fully saturated rings. The number of carbonyl (C=O) groups excluding carboxylic acids is 4. The molecule has 0 saturated heterocycles. The molecule has 2 aromatic rings. The first-order valence-electron chi connectivity index (χ1n) is 8.81. The maximum atomic E-state index is 12.1. The van der Waals surface area contributed by atoms with Crippen molar-refractivity contribution in [3.8, 4) is 0 Å². The van der Waals surface area contributed by atoms with Gasteiger partial charge in [-0.15, -0.1) is 0 Å². The normalized spacial score (nSPS) is 11.1. The molecule has 30 heavy (non-hydrogen) atoms. The molecule has 10 heteroatoms. The number of rotatable bonds is 8. The van der Waals surface area contributed by atoms with Gasteiger partial charge in [-0.2, -0.15) is 0 Å². The molecule has 0 heterocycles. The molecule has 0 aliphatic carbocycles. The Morgan fingerprint density at radius 2 is 1.73 bits per heavy atom. The van der Waals surface area contributed by atoms with Gasteiger partial charge in [0.05, 0.1) is 4.92 Å². The predicted octanol–water partition coefficient (Wildman–Crippen LogP) is 2.10. The van der Waals surface area contributed by atoms with E-state index in [4.69, 9.17) is 4.74 Å². The lowest BCUT2D eigenvalue weighted by molar-refractivity contribution is -0.384. The molecule has 0 aromatic heterocycles. The Morgan fingerprint density at radius 3 is 2.33 bits per heavy atom. The van der Waals surface area contributed by atoms with E-state index in [1.165, 1.54) is 32.0 Å². The Morgan fingerprint density at radius 1 is 1.07 bits per heavy atom. The quantitative estimate of drug-likeness (QED) is 0.292. The van der Waals surface area contributed by atoms with Crippen molar-refractivity contribution in [2.24, 2.45) is 0 Å². The minimum absolute atomic E-state index is 0.0109. The second-order valence-electron chi connectivity index (χ2n) is 6.24. The molecule has 0 aliphatic heterocycles. The number of amides is 2. The van der Waals surface area contributed by atoms with Crippen molar-refractivity contribution in [3.63, 3.8) is 0 Å². The highest BCUT2D eigenvalue weighted by molar-refractivity contribution is 5.98. The van der Waals surface area contributed by atoms with E-state index in [9.17, 15) is 29.3 Å². The summed E-state index contributed by atoms with van der Waals surface area (Å²) in [7, 11) is 0. The lowest BCUT2D eigenvalue weighted by atomic mass is 10.1. The third kappa shape index (κ3) is 6.23. The zero-order chi connectivity index (χ0) is 22.3. The van der Waals surface area contributed by atoms with E-state index < -0.39 is 35.4 Å². The summed E-state index contributed by atoms with van der Waals surface area (Å²) in [6.45, 7) is 2.26. The zero-order valence-electron chi connectivity index (χ0n) is 16.2. The van der Waals surface area contributed by atoms with Gasteiger partial charge in [0.15, 0.2) is 11.9 Å². The Bertz CT molecular complexity index is 986. The fourth-order valence-corrected chi connectivity index (χ4v) is 2.34. The molecular weight excluding hydrogens is 394 g/mol. The number of anilines is 1. The number of nitro benzene ring substituents is 1. The van der Waals surface area contributed by atoms with E-state index in [1.54, 1.807) is 24.3 Å². The van der Waals surface area contributed by atoms with Crippen LogP contribution in [0.25, 0.3) is 0 Å². The van der Waals surface area contributed by atoms with Gasteiger partial charge in [0.1, 0.15) is 6.54 Å². The smallest absolute Gasteiger partial charge is 0.326 e. The summed E-state index contributed by atoms with van der Waals surface area (Å²) < 4.78 is 4.97. The van der Waals surface area contributed by atoms with Crippen LogP contribution in [-0.2, 0) is 14.3 Å². The average Bonchev–Trinajstić information content (AvgIpc) is 2.72. The number of non-ortho nitro benzene ring substituents is 1. The van der Waals surface area contributed by atoms with E-state index in [-0.39, 0.29) is 17.0 Å². The van der Waals surface area contributed by atoms with Gasteiger partial charge in [-0.05, 0) is 44.2 Å². The van der Waals surface area contributed by atoms with Crippen LogP contribution in [0.15, 0.2) is 48.5 Å². The second kappa shape index (κ2) is 9.92. The molecule has 2 amide bonds. The van der Waals surface area contributed by atoms with Crippen LogP contribution in [0.3, 0.4) is 0 Å². The molecule has 0 unspecified atom stereocenters. The number of carbonyl (C=O) groups is 4. The number of ether oxygens (including phenoxy) is 1. The summed E-state index contributed by atoms with van der Waals surface area (Å²) in [5.41, 5.74) is 0.669. The SMILES string of the molecule is CC(=O)c1ccc(NC(=O)[C@H](C)OC(=O)CNC(=O)c2cccc([N+](=O)[O-])c2)cc1. The second-order valence-corrected chi connectivity index (χ2v) is 6.24. The fraction of sp³-hybridized carbons (Fsp3) is 0.200. The van der Waals surface area contributed by atoms with Gasteiger partial charge < -0.3 is 15.4 Å². The first kappa shape index (κ1) is 22.2. The van der Waals surface area contributed by atoms with E-state index in [2.05, 4.69) is 10.6 Å². The average molecular weight is 413 g/mol. The van der Waals surface area contributed by atoms with Crippen molar-refractivity contribution in [1.82, 2.24) is 5.32 Å². The number of nitrogens with one attached hydrogen (secondary N) is 2. The van der Waals surface area contributed by atoms with Gasteiger partial charge in [-0.1, -0.05) is 6.07 Å². The maximum Gasteiger partial charge on any atom is 0.326 e. The number of Topliss-reactive ketones (excluding diaryl/α,β-unsaturated/α-hetero) is 1. The van der Waals surface area contributed by atoms with Crippen LogP contribution in [0, 0.1) is 10.1 Å². The van der Waals surface area contributed by atoms with Crippen molar-refractivity contribution >= 4 is 34.9 Å². The summed E-state index contributed by atoms with van der Waals surface area (Å²) in [4.78, 5) is 57.4. The minimum Gasteiger partial charge on any atom is -0.451 e. The number of hydrogen-bond acceptors (Lipinski definition) is 7. The van der Waals surface area contributed by atoms with Crippen molar-refractivity contribution in [2.45, 2.75) is 20.0 Å². The molecule has 156 valence electrons. The topological polar surface area (TPSA) is 145 Å². The number of nitrogens with zero attached hydrogens (tertiary/aromatic N) is 1. The third-order valence-corrected chi connectivity index (χ3v) is 3.95. The molecular formula is C20H19N3O7. The molecule has 0 saturated carbocycles. The number of nitro groups is 1. The first-order chi connectivity index (χ1) is 14.2. The van der Waals surface area contributed by atoms with Crippen LogP contribution in [0.2, 0.25) is 0 Å². The monoisotopic (exact) mass is 413 g/mol. The third-order valence-electron chi connectivity index (χ3n) is 3.95. The summed E-state index contributed by atoms with van der Waals surface area (Å²) in [6.07, 6.45) is -1.14. The first-order valence-corrected chi connectivity index (χ1v) is 8.81. The van der Waals surface area contributed by atoms with Crippen LogP contribution >= 0.6 is 0 Å². The molecule has 0 radical (unpaired) electrons. The Hall–Kier alpha value is -4.08. The minimum atomic E-state index is -1.14. The summed E-state index contributed by atoms with van der Waals surface area (Å²) in [6, 6.07) is 11.2. The Kier molecular flexibility index (Phi) is 7.34. The Labute approximate surface area is 171 Å². The van der Waals surface area contributed by atoms with Gasteiger partial charge in [-0.25, -0.2) is 0 Å². The van der Waals surface area contributed by atoms with Crippen molar-refractivity contribution in [2.75, 3.05) is 11.9 Å². The van der Waals surface area contributed by atoms with Gasteiger partial charge in [0.2, 0.25) is 0 Å². The number of esters is 1. The molecule has 2 aromatic carbocycles. The highest BCUT2D eigenvalue weighted by Crippen LogP contribution is 2.13. The van der Waals surface area contributed by atoms with E-state index in [0.717, 1.165) is 6.07 Å². The standard InChI is InChI=1S/C20H19N3O7/c1-12(24)14-6-8-16(9-7-14)22-19(26)13(2)30-18(25)11-21-20(27)15-4-3-5-17(10-15)23(28)29/h3-10,13H,11H2,1-2H3,(H,21,27)(H,22,26)/t13-/m0/s1. The van der Waals surface area contributed by atoms with Gasteiger partial charge in [-0.3, -0.25) is 29.3 Å². The summed E-state index contributed by atoms with van der Waals surface area (Å²) in [5, 5.41) is 15.6. The van der Waals surface area contributed by atoms with Crippen LogP contribution in [0.1, 0.15) is 34.6 Å². The van der Waals surface area contributed by atoms with E-state index in [1.807, 2.05) is 0 Å². The van der Waals surface area contributed by atoms with Crippen molar-refractivity contribution in [1.29, 1.82) is 0 Å². The summed E-state index contributed by atoms with van der Waals surface area (Å²) in [5.74, 6) is -2.26. The Balaban J connectivity index is 1.84. The molecule has 0 spiro atoms. The predicted molar refractivity (Wildman–Crippen MR) is 106 cm³/mol. The molecule has 0 aliphatic rings. The molecule has 10 nitrogen and oxygen atoms in total. The largest absolute Gasteiger partial charge is 0.451 e. The van der Waals surface area contributed by atoms with Gasteiger partial charge in [0, 0.05) is 28.9 Å². The highest BCUT2D eigenvalue weighted by Gasteiger charge is 2.19. The van der Waals surface area contributed by atoms with Crippen LogP contribution in [0.4, 0.5) is 11.4 Å². The number of benzene rings is 2. The van der Waals surface area contributed by atoms with Crippen molar-refractivity contribution < 1.29 is 28.8 Å². The van der Waals surface area contributed by atoms with Gasteiger partial charge >= 0.3 is 5.97 Å². The number of ketones is 1. The zero-order valence-corrected chi connectivity index (χ0v) is 16.2. The maximum absolute atomic E-state index is 12.1. The van der Waals surface area contributed by atoms with Gasteiger partial charge in [0.25, 0.3) is 17.5 Å². The fourth-order valence-electron chi connectivity index (χ4n) is 2.34. The van der Waals surface area contributed by atoms with Crippen LogP contribution < -0.4 is 10.6 Å². The van der Waals surface area contributed by atoms with E-state index >= 15 is 0 Å². The lowest BCUT2D eigenvalue weighted by Gasteiger charge is -2.14. The highest BCUT2D eigenvalue weighted by atomic mass is 16.6. The summed E-state index contributed by atoms with van der Waals surface area (Å²) >= 11 is 0. The van der Waals surface area contributed by atoms with Crippen molar-refractivity contribution in [3.05, 3.63) is 69.8 Å². The molecule has 2 rings (SSSR count). The van der Waals surface area contributed by atoms with E-state index in [0.29, 0.717) is 11.3 Å². The molecule has 2 N–H and O–H groups in total.